The van der Waals surface area contributed by atoms with Gasteiger partial charge in [-0.1, -0.05) is 6.07 Å². The minimum Gasteiger partial charge on any atom is -0.478 e. The zero-order valence-corrected chi connectivity index (χ0v) is 13.1. The van der Waals surface area contributed by atoms with Crippen molar-refractivity contribution in [2.24, 2.45) is 0 Å². The van der Waals surface area contributed by atoms with E-state index in [2.05, 4.69) is 0 Å². The van der Waals surface area contributed by atoms with Crippen LogP contribution in [0.2, 0.25) is 0 Å². The third-order valence-electron chi connectivity index (χ3n) is 3.33. The van der Waals surface area contributed by atoms with E-state index in [1.807, 2.05) is 0 Å². The van der Waals surface area contributed by atoms with E-state index in [0.29, 0.717) is 19.4 Å². The van der Waals surface area contributed by atoms with E-state index in [4.69, 9.17) is 10.2 Å². The molecule has 7 heteroatoms. The van der Waals surface area contributed by atoms with Crippen molar-refractivity contribution in [1.82, 2.24) is 4.31 Å². The van der Waals surface area contributed by atoms with Crippen molar-refractivity contribution in [1.29, 1.82) is 0 Å². The maximum atomic E-state index is 12.5. The van der Waals surface area contributed by atoms with Crippen LogP contribution in [0.4, 0.5) is 0 Å². The van der Waals surface area contributed by atoms with Gasteiger partial charge in [0, 0.05) is 20.2 Å². The van der Waals surface area contributed by atoms with Gasteiger partial charge in [-0.3, -0.25) is 0 Å². The molecule has 1 aromatic rings. The summed E-state index contributed by atoms with van der Waals surface area (Å²) in [6.45, 7) is 1.92. The first-order valence-electron chi connectivity index (χ1n) is 6.72. The van der Waals surface area contributed by atoms with Crippen LogP contribution in [-0.4, -0.2) is 49.1 Å². The standard InChI is InChI=1S/C14H21NO5S/c1-11-12(14(17)18)7-6-8-13(11)21(19,20)15(2)9-4-3-5-10-16/h6-8,16H,3-5,9-10H2,1-2H3,(H,17,18). The van der Waals surface area contributed by atoms with Gasteiger partial charge in [-0.05, 0) is 43.9 Å². The minimum atomic E-state index is -3.71. The highest BCUT2D eigenvalue weighted by molar-refractivity contribution is 7.89. The van der Waals surface area contributed by atoms with Crippen LogP contribution in [0.25, 0.3) is 0 Å². The number of sulfonamides is 1. The largest absolute Gasteiger partial charge is 0.478 e. The first kappa shape index (κ1) is 17.6. The van der Waals surface area contributed by atoms with Gasteiger partial charge in [-0.15, -0.1) is 0 Å². The SMILES string of the molecule is Cc1c(C(=O)O)cccc1S(=O)(=O)N(C)CCCCCO. The molecule has 0 fully saturated rings. The molecule has 1 aromatic carbocycles. The fourth-order valence-corrected chi connectivity index (χ4v) is 3.49. The molecule has 0 atom stereocenters. The molecule has 0 amide bonds. The molecule has 2 N–H and O–H groups in total. The molecule has 0 heterocycles. The highest BCUT2D eigenvalue weighted by Gasteiger charge is 2.24. The summed E-state index contributed by atoms with van der Waals surface area (Å²) >= 11 is 0. The lowest BCUT2D eigenvalue weighted by Crippen LogP contribution is -2.29. The summed E-state index contributed by atoms with van der Waals surface area (Å²) in [5, 5.41) is 17.8. The van der Waals surface area contributed by atoms with Crippen LogP contribution in [0.1, 0.15) is 35.2 Å². The van der Waals surface area contributed by atoms with Gasteiger partial charge in [0.1, 0.15) is 0 Å². The highest BCUT2D eigenvalue weighted by Crippen LogP contribution is 2.22. The Balaban J connectivity index is 2.97. The van der Waals surface area contributed by atoms with Gasteiger partial charge in [0.25, 0.3) is 0 Å². The Hall–Kier alpha value is -1.44. The van der Waals surface area contributed by atoms with Gasteiger partial charge in [0.15, 0.2) is 0 Å². The lowest BCUT2D eigenvalue weighted by molar-refractivity contribution is 0.0696. The molecule has 21 heavy (non-hydrogen) atoms. The van der Waals surface area contributed by atoms with Gasteiger partial charge in [0.2, 0.25) is 10.0 Å². The number of aliphatic hydroxyl groups excluding tert-OH is 1. The zero-order chi connectivity index (χ0) is 16.0. The number of aromatic carboxylic acids is 1. The van der Waals surface area contributed by atoms with Crippen LogP contribution in [0.15, 0.2) is 23.1 Å². The van der Waals surface area contributed by atoms with Gasteiger partial charge < -0.3 is 10.2 Å². The molecule has 0 saturated heterocycles. The Morgan fingerprint density at radius 2 is 1.90 bits per heavy atom. The van der Waals surface area contributed by atoms with Gasteiger partial charge in [-0.2, -0.15) is 0 Å². The molecular weight excluding hydrogens is 294 g/mol. The second-order valence-electron chi connectivity index (χ2n) is 4.84. The Morgan fingerprint density at radius 3 is 2.48 bits per heavy atom. The summed E-state index contributed by atoms with van der Waals surface area (Å²) in [5.41, 5.74) is 0.233. The fourth-order valence-electron chi connectivity index (χ4n) is 2.04. The Bertz CT molecular complexity index is 597. The number of carboxylic acid groups (broad SMARTS) is 1. The van der Waals surface area contributed by atoms with E-state index >= 15 is 0 Å². The number of carboxylic acids is 1. The number of benzene rings is 1. The van der Waals surface area contributed by atoms with Crippen molar-refractivity contribution < 1.29 is 23.4 Å². The highest BCUT2D eigenvalue weighted by atomic mass is 32.2. The molecule has 0 aromatic heterocycles. The van der Waals surface area contributed by atoms with E-state index in [1.54, 1.807) is 0 Å². The molecule has 6 nitrogen and oxygen atoms in total. The maximum absolute atomic E-state index is 12.5. The average Bonchev–Trinajstić information content (AvgIpc) is 2.43. The topological polar surface area (TPSA) is 94.9 Å². The van der Waals surface area contributed by atoms with Crippen molar-refractivity contribution in [3.63, 3.8) is 0 Å². The number of hydrogen-bond donors (Lipinski definition) is 2. The zero-order valence-electron chi connectivity index (χ0n) is 12.2. The van der Waals surface area contributed by atoms with Crippen molar-refractivity contribution in [3.8, 4) is 0 Å². The summed E-state index contributed by atoms with van der Waals surface area (Å²) in [7, 11) is -2.23. The predicted octanol–water partition coefficient (Wildman–Crippen LogP) is 1.48. The fraction of sp³-hybridized carbons (Fsp3) is 0.500. The molecule has 1 rings (SSSR count). The lowest BCUT2D eigenvalue weighted by Gasteiger charge is -2.19. The number of rotatable bonds is 8. The Kier molecular flexibility index (Phi) is 6.32. The molecule has 0 saturated carbocycles. The smallest absolute Gasteiger partial charge is 0.335 e. The summed E-state index contributed by atoms with van der Waals surface area (Å²) in [6.07, 6.45) is 2.03. The lowest BCUT2D eigenvalue weighted by atomic mass is 10.1. The van der Waals surface area contributed by atoms with Crippen molar-refractivity contribution >= 4 is 16.0 Å². The Morgan fingerprint density at radius 1 is 1.24 bits per heavy atom. The molecule has 118 valence electrons. The van der Waals surface area contributed by atoms with E-state index in [-0.39, 0.29) is 22.6 Å². The third kappa shape index (κ3) is 4.26. The van der Waals surface area contributed by atoms with Crippen LogP contribution >= 0.6 is 0 Å². The minimum absolute atomic E-state index is 0.00949. The molecule has 0 aliphatic rings. The number of unbranched alkanes of at least 4 members (excludes halogenated alkanes) is 2. The van der Waals surface area contributed by atoms with Gasteiger partial charge in [-0.25, -0.2) is 17.5 Å². The quantitative estimate of drug-likeness (QED) is 0.708. The van der Waals surface area contributed by atoms with E-state index < -0.39 is 16.0 Å². The first-order chi connectivity index (χ1) is 9.82. The van der Waals surface area contributed by atoms with Gasteiger partial charge in [0.05, 0.1) is 10.5 Å². The summed E-state index contributed by atoms with van der Waals surface area (Å²) in [4.78, 5) is 11.1. The summed E-state index contributed by atoms with van der Waals surface area (Å²) in [5.74, 6) is -1.14. The van der Waals surface area contributed by atoms with Crippen LogP contribution in [0.3, 0.4) is 0 Å². The van der Waals surface area contributed by atoms with E-state index in [9.17, 15) is 13.2 Å². The molecule has 0 aliphatic carbocycles. The average molecular weight is 315 g/mol. The second kappa shape index (κ2) is 7.53. The van der Waals surface area contributed by atoms with Crippen molar-refractivity contribution in [2.45, 2.75) is 31.1 Å². The predicted molar refractivity (Wildman–Crippen MR) is 78.9 cm³/mol. The van der Waals surface area contributed by atoms with E-state index in [0.717, 1.165) is 6.42 Å². The van der Waals surface area contributed by atoms with Crippen molar-refractivity contribution in [3.05, 3.63) is 29.3 Å². The summed E-state index contributed by atoms with van der Waals surface area (Å²) < 4.78 is 26.2. The van der Waals surface area contributed by atoms with Crippen LogP contribution in [0, 0.1) is 6.92 Å². The van der Waals surface area contributed by atoms with E-state index in [1.165, 1.54) is 36.5 Å². The number of hydrogen-bond acceptors (Lipinski definition) is 4. The van der Waals surface area contributed by atoms with Crippen LogP contribution in [-0.2, 0) is 10.0 Å². The molecule has 0 bridgehead atoms. The molecule has 0 spiro atoms. The molecule has 0 radical (unpaired) electrons. The third-order valence-corrected chi connectivity index (χ3v) is 5.34. The normalized spacial score (nSPS) is 11.8. The molecule has 0 aliphatic heterocycles. The maximum Gasteiger partial charge on any atom is 0.335 e. The number of nitrogens with zero attached hydrogens (tertiary/aromatic N) is 1. The van der Waals surface area contributed by atoms with Crippen molar-refractivity contribution in [2.75, 3.05) is 20.2 Å². The molecular formula is C14H21NO5S. The summed E-state index contributed by atoms with van der Waals surface area (Å²) in [6, 6.07) is 4.24. The Labute approximate surface area is 125 Å². The molecule has 0 unspecified atom stereocenters. The number of aliphatic hydroxyl groups is 1. The second-order valence-corrected chi connectivity index (χ2v) is 6.86. The monoisotopic (exact) mass is 315 g/mol. The van der Waals surface area contributed by atoms with Gasteiger partial charge >= 0.3 is 5.97 Å². The van der Waals surface area contributed by atoms with Crippen LogP contribution in [0.5, 0.6) is 0 Å². The van der Waals surface area contributed by atoms with Crippen LogP contribution < -0.4 is 0 Å². The first-order valence-corrected chi connectivity index (χ1v) is 8.16. The number of carbonyl (C=O) groups is 1.